The van der Waals surface area contributed by atoms with E-state index in [0.717, 1.165) is 36.0 Å². The molecule has 17 heavy (non-hydrogen) atoms. The van der Waals surface area contributed by atoms with E-state index in [1.54, 1.807) is 0 Å². The molecule has 4 nitrogen and oxygen atoms in total. The van der Waals surface area contributed by atoms with E-state index >= 15 is 0 Å². The van der Waals surface area contributed by atoms with Crippen LogP contribution >= 0.6 is 0 Å². The van der Waals surface area contributed by atoms with Crippen molar-refractivity contribution in [3.63, 3.8) is 0 Å². The third-order valence-corrected chi connectivity index (χ3v) is 4.12. The minimum Gasteiger partial charge on any atom is -0.492 e. The zero-order valence-corrected chi connectivity index (χ0v) is 10.8. The predicted molar refractivity (Wildman–Crippen MR) is 72.1 cm³/mol. The topological polar surface area (TPSA) is 55.6 Å². The summed E-state index contributed by atoms with van der Waals surface area (Å²) in [6, 6.07) is 5.82. The van der Waals surface area contributed by atoms with Crippen LogP contribution in [0.3, 0.4) is 0 Å². The average Bonchev–Trinajstić information content (AvgIpc) is 2.33. The highest BCUT2D eigenvalue weighted by molar-refractivity contribution is 7.85. The molecule has 0 unspecified atom stereocenters. The smallest absolute Gasteiger partial charge is 0.144 e. The first-order chi connectivity index (χ1) is 8.20. The zero-order chi connectivity index (χ0) is 12.3. The predicted octanol–water partition coefficient (Wildman–Crippen LogP) is 1.24. The van der Waals surface area contributed by atoms with Crippen molar-refractivity contribution in [2.45, 2.75) is 6.92 Å². The van der Waals surface area contributed by atoms with E-state index in [-0.39, 0.29) is 0 Å². The molecule has 1 saturated heterocycles. The Morgan fingerprint density at radius 3 is 2.76 bits per heavy atom. The van der Waals surface area contributed by atoms with Crippen molar-refractivity contribution in [1.82, 2.24) is 0 Å². The van der Waals surface area contributed by atoms with Crippen LogP contribution < -0.4 is 15.4 Å². The van der Waals surface area contributed by atoms with E-state index < -0.39 is 10.8 Å². The minimum absolute atomic E-state index is 0.609. The van der Waals surface area contributed by atoms with Crippen molar-refractivity contribution in [2.24, 2.45) is 0 Å². The van der Waals surface area contributed by atoms with Crippen molar-refractivity contribution >= 4 is 22.2 Å². The van der Waals surface area contributed by atoms with E-state index in [2.05, 4.69) is 4.90 Å². The Kier molecular flexibility index (Phi) is 3.89. The molecule has 1 aromatic rings. The van der Waals surface area contributed by atoms with Gasteiger partial charge in [-0.2, -0.15) is 0 Å². The molecular weight excluding hydrogens is 236 g/mol. The summed E-state index contributed by atoms with van der Waals surface area (Å²) >= 11 is 0. The van der Waals surface area contributed by atoms with Crippen molar-refractivity contribution in [3.05, 3.63) is 18.2 Å². The molecule has 0 aromatic heterocycles. The van der Waals surface area contributed by atoms with Gasteiger partial charge in [0.1, 0.15) is 5.75 Å². The summed E-state index contributed by atoms with van der Waals surface area (Å²) in [4.78, 5) is 2.23. The van der Waals surface area contributed by atoms with Gasteiger partial charge in [0.15, 0.2) is 0 Å². The highest BCUT2D eigenvalue weighted by Crippen LogP contribution is 2.28. The van der Waals surface area contributed by atoms with Crippen LogP contribution in [0.2, 0.25) is 0 Å². The van der Waals surface area contributed by atoms with Crippen LogP contribution in [0.1, 0.15) is 6.92 Å². The third kappa shape index (κ3) is 2.91. The monoisotopic (exact) mass is 254 g/mol. The number of rotatable bonds is 3. The number of anilines is 2. The molecule has 1 aromatic carbocycles. The second kappa shape index (κ2) is 5.40. The van der Waals surface area contributed by atoms with E-state index in [4.69, 9.17) is 10.5 Å². The number of nitrogens with zero attached hydrogens (tertiary/aromatic N) is 1. The molecule has 0 radical (unpaired) electrons. The van der Waals surface area contributed by atoms with Gasteiger partial charge in [-0.1, -0.05) is 0 Å². The third-order valence-electron chi connectivity index (χ3n) is 2.84. The van der Waals surface area contributed by atoms with Crippen molar-refractivity contribution in [1.29, 1.82) is 0 Å². The largest absolute Gasteiger partial charge is 0.492 e. The average molecular weight is 254 g/mol. The molecule has 1 aliphatic rings. The van der Waals surface area contributed by atoms with Gasteiger partial charge in [-0.05, 0) is 19.1 Å². The van der Waals surface area contributed by atoms with Crippen LogP contribution in [0.25, 0.3) is 0 Å². The molecule has 1 fully saturated rings. The maximum Gasteiger partial charge on any atom is 0.144 e. The Balaban J connectivity index is 2.15. The second-order valence-corrected chi connectivity index (χ2v) is 5.69. The number of ether oxygens (including phenoxy) is 1. The van der Waals surface area contributed by atoms with Crippen LogP contribution in [0.5, 0.6) is 5.75 Å². The lowest BCUT2D eigenvalue weighted by Gasteiger charge is -2.28. The molecule has 1 heterocycles. The van der Waals surface area contributed by atoms with Crippen LogP contribution in [-0.4, -0.2) is 35.4 Å². The Bertz CT molecular complexity index is 413. The lowest BCUT2D eigenvalue weighted by molar-refractivity contribution is 0.342. The van der Waals surface area contributed by atoms with E-state index in [1.165, 1.54) is 0 Å². The van der Waals surface area contributed by atoms with Gasteiger partial charge in [-0.3, -0.25) is 4.21 Å². The molecule has 0 amide bonds. The molecule has 0 saturated carbocycles. The molecule has 94 valence electrons. The van der Waals surface area contributed by atoms with Crippen LogP contribution in [0.4, 0.5) is 11.4 Å². The summed E-state index contributed by atoms with van der Waals surface area (Å²) in [6.45, 7) is 4.22. The molecule has 2 rings (SSSR count). The fraction of sp³-hybridized carbons (Fsp3) is 0.500. The molecule has 0 aliphatic carbocycles. The van der Waals surface area contributed by atoms with Crippen LogP contribution in [-0.2, 0) is 10.8 Å². The maximum absolute atomic E-state index is 11.3. The highest BCUT2D eigenvalue weighted by Gasteiger charge is 2.16. The molecule has 0 atom stereocenters. The Morgan fingerprint density at radius 2 is 2.12 bits per heavy atom. The Morgan fingerprint density at radius 1 is 1.41 bits per heavy atom. The SMILES string of the molecule is CCOc1cc(N2CCS(=O)CC2)ccc1N. The van der Waals surface area contributed by atoms with Gasteiger partial charge in [0.25, 0.3) is 0 Å². The summed E-state index contributed by atoms with van der Waals surface area (Å²) in [5, 5.41) is 0. The van der Waals surface area contributed by atoms with Crippen LogP contribution in [0, 0.1) is 0 Å². The van der Waals surface area contributed by atoms with Gasteiger partial charge in [-0.25, -0.2) is 0 Å². The summed E-state index contributed by atoms with van der Waals surface area (Å²) in [5.41, 5.74) is 7.59. The summed E-state index contributed by atoms with van der Waals surface area (Å²) < 4.78 is 16.8. The summed E-state index contributed by atoms with van der Waals surface area (Å²) in [5.74, 6) is 2.22. The van der Waals surface area contributed by atoms with Gasteiger partial charge < -0.3 is 15.4 Å². The fourth-order valence-corrected chi connectivity index (χ4v) is 2.95. The first-order valence-electron chi connectivity index (χ1n) is 5.83. The van der Waals surface area contributed by atoms with Crippen molar-refractivity contribution in [3.8, 4) is 5.75 Å². The first-order valence-corrected chi connectivity index (χ1v) is 7.31. The quantitative estimate of drug-likeness (QED) is 0.824. The van der Waals surface area contributed by atoms with Crippen LogP contribution in [0.15, 0.2) is 18.2 Å². The van der Waals surface area contributed by atoms with Gasteiger partial charge in [0, 0.05) is 47.1 Å². The first kappa shape index (κ1) is 12.2. The summed E-state index contributed by atoms with van der Waals surface area (Å²) in [7, 11) is -0.645. The molecule has 2 N–H and O–H groups in total. The van der Waals surface area contributed by atoms with Gasteiger partial charge in [0.2, 0.25) is 0 Å². The highest BCUT2D eigenvalue weighted by atomic mass is 32.2. The molecule has 1 aliphatic heterocycles. The molecule has 0 bridgehead atoms. The van der Waals surface area contributed by atoms with Crippen molar-refractivity contribution < 1.29 is 8.95 Å². The number of hydrogen-bond acceptors (Lipinski definition) is 4. The molecule has 0 spiro atoms. The summed E-state index contributed by atoms with van der Waals surface area (Å²) in [6.07, 6.45) is 0. The molecule has 5 heteroatoms. The van der Waals surface area contributed by atoms with E-state index in [9.17, 15) is 4.21 Å². The minimum atomic E-state index is -0.645. The fourth-order valence-electron chi connectivity index (χ4n) is 1.90. The Labute approximate surface area is 104 Å². The number of benzene rings is 1. The lowest BCUT2D eigenvalue weighted by Crippen LogP contribution is -2.37. The number of hydrogen-bond donors (Lipinski definition) is 1. The Hall–Kier alpha value is -1.23. The van der Waals surface area contributed by atoms with Gasteiger partial charge in [0.05, 0.1) is 12.3 Å². The second-order valence-electron chi connectivity index (χ2n) is 3.99. The normalized spacial score (nSPS) is 17.1. The maximum atomic E-state index is 11.3. The standard InChI is InChI=1S/C12H18N2O2S/c1-2-16-12-9-10(3-4-11(12)13)14-5-7-17(15)8-6-14/h3-4,9H,2,5-8,13H2,1H3. The number of nitrogen functional groups attached to an aromatic ring is 1. The van der Waals surface area contributed by atoms with E-state index in [1.807, 2.05) is 25.1 Å². The zero-order valence-electron chi connectivity index (χ0n) is 10.0. The van der Waals surface area contributed by atoms with Crippen molar-refractivity contribution in [2.75, 3.05) is 41.8 Å². The van der Waals surface area contributed by atoms with Gasteiger partial charge in [-0.15, -0.1) is 0 Å². The lowest BCUT2D eigenvalue weighted by atomic mass is 10.2. The number of nitrogens with two attached hydrogens (primary N) is 1. The van der Waals surface area contributed by atoms with Gasteiger partial charge >= 0.3 is 0 Å². The van der Waals surface area contributed by atoms with E-state index in [0.29, 0.717) is 12.3 Å². The molecular formula is C12H18N2O2S.